The number of carbonyl (C=O) groups excluding carboxylic acids is 4. The number of allylic oxidation sites excluding steroid dienone is 1. The van der Waals surface area contributed by atoms with Gasteiger partial charge in [-0.05, 0) is 54.8 Å². The molecular formula is C29H32N4O6. The van der Waals surface area contributed by atoms with Gasteiger partial charge in [0.15, 0.2) is 17.3 Å². The van der Waals surface area contributed by atoms with Gasteiger partial charge in [0.2, 0.25) is 6.79 Å². The van der Waals surface area contributed by atoms with Gasteiger partial charge < -0.3 is 29.5 Å². The Morgan fingerprint density at radius 3 is 2.38 bits per heavy atom. The fraction of sp³-hybridized carbons (Fsp3) is 0.379. The highest BCUT2D eigenvalue weighted by atomic mass is 16.7. The maximum absolute atomic E-state index is 13.7. The number of Topliss-reactive ketones (excluding diaryl/α,β-unsaturated/α-hetero) is 1. The Kier molecular flexibility index (Phi) is 7.03. The number of nitrogens with one attached hydrogen (secondary N) is 1. The molecule has 0 bridgehead atoms. The van der Waals surface area contributed by atoms with Crippen molar-refractivity contribution in [2.24, 2.45) is 5.92 Å². The Balaban J connectivity index is 1.32. The topological polar surface area (TPSA) is 108 Å². The molecule has 2 unspecified atom stereocenters. The normalized spacial score (nSPS) is 19.9. The maximum Gasteiger partial charge on any atom is 0.270 e. The zero-order valence-corrected chi connectivity index (χ0v) is 22.5. The van der Waals surface area contributed by atoms with E-state index in [1.807, 2.05) is 45.0 Å². The summed E-state index contributed by atoms with van der Waals surface area (Å²) in [6, 6.07) is 10.8. The quantitative estimate of drug-likeness (QED) is 0.570. The molecule has 0 saturated carbocycles. The minimum Gasteiger partial charge on any atom is -0.454 e. The van der Waals surface area contributed by atoms with Crippen LogP contribution in [0.4, 0.5) is 5.69 Å². The molecule has 10 nitrogen and oxygen atoms in total. The average Bonchev–Trinajstić information content (AvgIpc) is 3.63. The van der Waals surface area contributed by atoms with Crippen LogP contribution in [-0.4, -0.2) is 79.4 Å². The van der Waals surface area contributed by atoms with E-state index >= 15 is 0 Å². The van der Waals surface area contributed by atoms with Gasteiger partial charge in [-0.1, -0.05) is 19.9 Å². The number of ketones is 1. The molecule has 3 amide bonds. The molecule has 39 heavy (non-hydrogen) atoms. The summed E-state index contributed by atoms with van der Waals surface area (Å²) in [6.45, 7) is 4.13. The Morgan fingerprint density at radius 1 is 1.00 bits per heavy atom. The fourth-order valence-corrected chi connectivity index (χ4v) is 5.27. The first-order chi connectivity index (χ1) is 18.6. The van der Waals surface area contributed by atoms with E-state index in [0.717, 1.165) is 5.69 Å². The van der Waals surface area contributed by atoms with E-state index in [0.29, 0.717) is 35.6 Å². The first kappa shape index (κ1) is 26.3. The summed E-state index contributed by atoms with van der Waals surface area (Å²) < 4.78 is 10.7. The Bertz CT molecular complexity index is 1350. The molecule has 1 N–H and O–H groups in total. The monoisotopic (exact) mass is 532 g/mol. The van der Waals surface area contributed by atoms with Crippen LogP contribution in [0, 0.1) is 5.92 Å². The van der Waals surface area contributed by atoms with Crippen molar-refractivity contribution < 1.29 is 28.7 Å². The number of benzene rings is 2. The molecule has 3 aliphatic heterocycles. The largest absolute Gasteiger partial charge is 0.454 e. The van der Waals surface area contributed by atoms with E-state index in [1.54, 1.807) is 36.4 Å². The first-order valence-electron chi connectivity index (χ1n) is 13.0. The van der Waals surface area contributed by atoms with Crippen molar-refractivity contribution >= 4 is 29.2 Å². The predicted octanol–water partition coefficient (Wildman–Crippen LogP) is 2.45. The number of fused-ring (bicyclic) bond motifs is 2. The van der Waals surface area contributed by atoms with Crippen LogP contribution in [0.15, 0.2) is 54.2 Å². The zero-order chi connectivity index (χ0) is 27.8. The van der Waals surface area contributed by atoms with E-state index in [2.05, 4.69) is 5.32 Å². The third kappa shape index (κ3) is 5.06. The molecule has 0 spiro atoms. The highest BCUT2D eigenvalue weighted by Gasteiger charge is 2.52. The lowest BCUT2D eigenvalue weighted by Gasteiger charge is -2.25. The van der Waals surface area contributed by atoms with Crippen molar-refractivity contribution in [1.29, 1.82) is 0 Å². The Hall–Kier alpha value is -4.34. The summed E-state index contributed by atoms with van der Waals surface area (Å²) >= 11 is 0. The predicted molar refractivity (Wildman–Crippen MR) is 144 cm³/mol. The number of rotatable bonds is 6. The number of hydrogen-bond donors (Lipinski definition) is 1. The molecule has 2 atom stereocenters. The summed E-state index contributed by atoms with van der Waals surface area (Å²) in [5.41, 5.74) is 1.88. The van der Waals surface area contributed by atoms with Crippen molar-refractivity contribution in [3.05, 3.63) is 65.4 Å². The lowest BCUT2D eigenvalue weighted by Crippen LogP contribution is -2.46. The lowest BCUT2D eigenvalue weighted by molar-refractivity contribution is -0.133. The number of likely N-dealkylation sites (tertiary alicyclic amines) is 2. The minimum absolute atomic E-state index is 0.0258. The van der Waals surface area contributed by atoms with E-state index in [9.17, 15) is 19.2 Å². The fourth-order valence-electron chi connectivity index (χ4n) is 5.27. The summed E-state index contributed by atoms with van der Waals surface area (Å²) in [5, 5.41) is 2.77. The van der Waals surface area contributed by atoms with Crippen LogP contribution in [0.3, 0.4) is 0 Å². The van der Waals surface area contributed by atoms with E-state index in [-0.39, 0.29) is 36.6 Å². The van der Waals surface area contributed by atoms with Gasteiger partial charge in [-0.2, -0.15) is 0 Å². The van der Waals surface area contributed by atoms with Gasteiger partial charge in [0.05, 0.1) is 12.6 Å². The number of anilines is 1. The zero-order valence-electron chi connectivity index (χ0n) is 22.5. The number of carbonyl (C=O) groups is 4. The van der Waals surface area contributed by atoms with Crippen molar-refractivity contribution in [3.8, 4) is 11.5 Å². The first-order valence-corrected chi connectivity index (χ1v) is 13.0. The number of ether oxygens (including phenoxy) is 2. The molecule has 10 heteroatoms. The summed E-state index contributed by atoms with van der Waals surface area (Å²) in [4.78, 5) is 58.2. The second-order valence-electron chi connectivity index (χ2n) is 10.5. The molecular weight excluding hydrogens is 500 g/mol. The van der Waals surface area contributed by atoms with Gasteiger partial charge >= 0.3 is 0 Å². The van der Waals surface area contributed by atoms with Crippen LogP contribution in [0.25, 0.3) is 0 Å². The Labute approximate surface area is 227 Å². The van der Waals surface area contributed by atoms with Gasteiger partial charge in [-0.3, -0.25) is 19.2 Å². The highest BCUT2D eigenvalue weighted by molar-refractivity contribution is 6.06. The summed E-state index contributed by atoms with van der Waals surface area (Å²) in [6.07, 6.45) is 2.16. The molecule has 0 aromatic heterocycles. The van der Waals surface area contributed by atoms with Gasteiger partial charge in [0, 0.05) is 37.5 Å². The van der Waals surface area contributed by atoms with Gasteiger partial charge in [-0.25, -0.2) is 0 Å². The van der Waals surface area contributed by atoms with Crippen LogP contribution in [0.2, 0.25) is 0 Å². The SMILES string of the molecule is CC(C)/C=C(\NC(=O)c1ccc(N(C)C)cc1)C(=O)N1CCC2C1C(=O)CN2C(=O)c1ccc2c(c1)OCO2. The maximum atomic E-state index is 13.7. The van der Waals surface area contributed by atoms with Gasteiger partial charge in [0.1, 0.15) is 11.7 Å². The second-order valence-corrected chi connectivity index (χ2v) is 10.5. The van der Waals surface area contributed by atoms with Crippen molar-refractivity contribution in [2.45, 2.75) is 32.4 Å². The molecule has 5 rings (SSSR count). The van der Waals surface area contributed by atoms with E-state index in [1.165, 1.54) is 9.80 Å². The van der Waals surface area contributed by atoms with Crippen molar-refractivity contribution in [3.63, 3.8) is 0 Å². The standard InChI is InChI=1S/C29H32N4O6/c1-17(2)13-21(30-27(35)18-5-8-20(9-6-18)31(3)4)29(37)32-12-11-22-26(32)23(34)15-33(22)28(36)19-7-10-24-25(14-19)39-16-38-24/h5-10,13-14,17,22,26H,11-12,15-16H2,1-4H3,(H,30,35)/b21-13-. The van der Waals surface area contributed by atoms with Gasteiger partial charge in [0.25, 0.3) is 17.7 Å². The number of hydrogen-bond acceptors (Lipinski definition) is 7. The molecule has 2 aromatic rings. The molecule has 2 saturated heterocycles. The van der Waals surface area contributed by atoms with Gasteiger partial charge in [-0.15, -0.1) is 0 Å². The molecule has 2 aromatic carbocycles. The molecule has 204 valence electrons. The molecule has 0 aliphatic carbocycles. The van der Waals surface area contributed by atoms with Crippen LogP contribution >= 0.6 is 0 Å². The molecule has 0 radical (unpaired) electrons. The molecule has 3 aliphatic rings. The molecule has 2 fully saturated rings. The third-order valence-corrected chi connectivity index (χ3v) is 7.19. The van der Waals surface area contributed by atoms with Crippen molar-refractivity contribution in [1.82, 2.24) is 15.1 Å². The smallest absolute Gasteiger partial charge is 0.270 e. The van der Waals surface area contributed by atoms with E-state index in [4.69, 9.17) is 9.47 Å². The Morgan fingerprint density at radius 2 is 1.69 bits per heavy atom. The van der Waals surface area contributed by atoms with E-state index < -0.39 is 23.9 Å². The number of amides is 3. The molecule has 3 heterocycles. The highest BCUT2D eigenvalue weighted by Crippen LogP contribution is 2.35. The minimum atomic E-state index is -0.762. The van der Waals surface area contributed by atoms with Crippen LogP contribution in [0.1, 0.15) is 41.0 Å². The average molecular weight is 533 g/mol. The summed E-state index contributed by atoms with van der Waals surface area (Å²) in [5.74, 6) is -0.303. The van der Waals surface area contributed by atoms with Crippen LogP contribution in [0.5, 0.6) is 11.5 Å². The lowest BCUT2D eigenvalue weighted by atomic mass is 10.1. The third-order valence-electron chi connectivity index (χ3n) is 7.19. The summed E-state index contributed by atoms with van der Waals surface area (Å²) in [7, 11) is 3.82. The number of nitrogens with zero attached hydrogens (tertiary/aromatic N) is 3. The van der Waals surface area contributed by atoms with Crippen LogP contribution < -0.4 is 19.7 Å². The van der Waals surface area contributed by atoms with Crippen molar-refractivity contribution in [2.75, 3.05) is 38.9 Å². The van der Waals surface area contributed by atoms with Crippen LogP contribution in [-0.2, 0) is 9.59 Å². The second kappa shape index (κ2) is 10.4.